The van der Waals surface area contributed by atoms with Gasteiger partial charge in [0.25, 0.3) is 15.9 Å². The van der Waals surface area contributed by atoms with Crippen molar-refractivity contribution in [3.8, 4) is 0 Å². The Morgan fingerprint density at radius 2 is 1.55 bits per heavy atom. The Kier molecular flexibility index (Phi) is 8.01. The second-order valence-electron chi connectivity index (χ2n) is 7.91. The van der Waals surface area contributed by atoms with Gasteiger partial charge in [0.2, 0.25) is 0 Å². The van der Waals surface area contributed by atoms with Gasteiger partial charge in [-0.3, -0.25) is 9.10 Å². The van der Waals surface area contributed by atoms with Gasteiger partial charge in [-0.05, 0) is 68.5 Å². The van der Waals surface area contributed by atoms with Crippen LogP contribution in [-0.4, -0.2) is 26.6 Å². The van der Waals surface area contributed by atoms with Crippen LogP contribution in [0.4, 0.5) is 5.69 Å². The zero-order valence-corrected chi connectivity index (χ0v) is 20.0. The molecule has 33 heavy (non-hydrogen) atoms. The van der Waals surface area contributed by atoms with Crippen LogP contribution in [0, 0.1) is 13.8 Å². The number of nitrogens with zero attached hydrogens (tertiary/aromatic N) is 2. The number of hydrogen-bond donors (Lipinski definition) is 1. The van der Waals surface area contributed by atoms with Gasteiger partial charge in [0, 0.05) is 5.71 Å². The molecule has 0 unspecified atom stereocenters. The first-order chi connectivity index (χ1) is 15.8. The van der Waals surface area contributed by atoms with Gasteiger partial charge in [-0.1, -0.05) is 60.7 Å². The van der Waals surface area contributed by atoms with Gasteiger partial charge < -0.3 is 0 Å². The van der Waals surface area contributed by atoms with Crippen LogP contribution < -0.4 is 9.73 Å². The fourth-order valence-corrected chi connectivity index (χ4v) is 4.87. The number of anilines is 1. The van der Waals surface area contributed by atoms with E-state index in [0.29, 0.717) is 12.1 Å². The molecular weight excluding hydrogens is 434 g/mol. The number of hydrogen-bond acceptors (Lipinski definition) is 4. The highest BCUT2D eigenvalue weighted by Gasteiger charge is 2.28. The van der Waals surface area contributed by atoms with Gasteiger partial charge >= 0.3 is 0 Å². The van der Waals surface area contributed by atoms with Crippen LogP contribution in [0.3, 0.4) is 0 Å². The Labute approximate surface area is 196 Å². The zero-order valence-electron chi connectivity index (χ0n) is 19.2. The third kappa shape index (κ3) is 6.29. The van der Waals surface area contributed by atoms with E-state index in [0.717, 1.165) is 27.6 Å². The molecule has 0 saturated heterocycles. The Bertz CT molecular complexity index is 1220. The molecule has 0 saturated carbocycles. The van der Waals surface area contributed by atoms with Crippen molar-refractivity contribution in [2.45, 2.75) is 38.5 Å². The summed E-state index contributed by atoms with van der Waals surface area (Å²) in [6.45, 7) is 5.22. The number of carbonyl (C=O) groups excluding carboxylic acids is 1. The lowest BCUT2D eigenvalue weighted by Crippen LogP contribution is -2.40. The predicted octanol–water partition coefficient (Wildman–Crippen LogP) is 4.62. The Morgan fingerprint density at radius 1 is 0.909 bits per heavy atom. The first-order valence-corrected chi connectivity index (χ1v) is 12.2. The molecule has 0 bridgehead atoms. The number of nitrogens with one attached hydrogen (secondary N) is 1. The highest BCUT2D eigenvalue weighted by Crippen LogP contribution is 2.28. The molecule has 0 aliphatic heterocycles. The van der Waals surface area contributed by atoms with Gasteiger partial charge in [-0.2, -0.15) is 5.10 Å². The molecule has 0 heterocycles. The van der Waals surface area contributed by atoms with Crippen molar-refractivity contribution in [1.82, 2.24) is 5.43 Å². The van der Waals surface area contributed by atoms with Crippen LogP contribution in [0.15, 0.2) is 88.9 Å². The van der Waals surface area contributed by atoms with Crippen LogP contribution in [-0.2, 0) is 21.2 Å². The summed E-state index contributed by atoms with van der Waals surface area (Å²) in [5.74, 6) is -0.505. The molecule has 3 aromatic carbocycles. The quantitative estimate of drug-likeness (QED) is 0.371. The Hall–Kier alpha value is -3.45. The summed E-state index contributed by atoms with van der Waals surface area (Å²) in [6.07, 6.45) is 1.50. The number of aryl methyl sites for hydroxylation is 2. The van der Waals surface area contributed by atoms with E-state index in [-0.39, 0.29) is 11.4 Å². The highest BCUT2D eigenvalue weighted by atomic mass is 32.2. The largest absolute Gasteiger partial charge is 0.271 e. The van der Waals surface area contributed by atoms with Crippen molar-refractivity contribution in [2.24, 2.45) is 5.10 Å². The molecule has 6 nitrogen and oxygen atoms in total. The van der Waals surface area contributed by atoms with Crippen molar-refractivity contribution >= 4 is 27.3 Å². The lowest BCUT2D eigenvalue weighted by molar-refractivity contribution is -0.119. The molecule has 0 aliphatic rings. The summed E-state index contributed by atoms with van der Waals surface area (Å²) in [7, 11) is -3.95. The van der Waals surface area contributed by atoms with E-state index >= 15 is 0 Å². The second-order valence-corrected chi connectivity index (χ2v) is 9.77. The van der Waals surface area contributed by atoms with Gasteiger partial charge in [0.05, 0.1) is 10.6 Å². The van der Waals surface area contributed by atoms with Crippen LogP contribution in [0.5, 0.6) is 0 Å². The predicted molar refractivity (Wildman–Crippen MR) is 133 cm³/mol. The maximum atomic E-state index is 13.4. The van der Waals surface area contributed by atoms with Gasteiger partial charge in [-0.25, -0.2) is 13.8 Å². The molecule has 172 valence electrons. The molecule has 0 aromatic heterocycles. The molecule has 1 N–H and O–H groups in total. The van der Waals surface area contributed by atoms with Crippen LogP contribution in [0.2, 0.25) is 0 Å². The summed E-state index contributed by atoms with van der Waals surface area (Å²) in [5, 5.41) is 4.18. The van der Waals surface area contributed by atoms with Crippen LogP contribution in [0.1, 0.15) is 30.0 Å². The fraction of sp³-hybridized carbons (Fsp3) is 0.231. The molecular formula is C26H29N3O3S. The number of carbonyl (C=O) groups is 1. The number of amides is 1. The molecule has 7 heteroatoms. The average molecular weight is 464 g/mol. The molecule has 3 rings (SSSR count). The summed E-state index contributed by atoms with van der Waals surface area (Å²) in [5.41, 5.74) is 6.68. The van der Waals surface area contributed by atoms with E-state index in [9.17, 15) is 13.2 Å². The SMILES string of the molecule is C/C(CCc1ccccc1)=N/NC(=O)CN(c1cccc(C)c1C)S(=O)(=O)c1ccccc1. The Morgan fingerprint density at radius 3 is 2.21 bits per heavy atom. The average Bonchev–Trinajstić information content (AvgIpc) is 2.83. The van der Waals surface area contributed by atoms with E-state index in [1.807, 2.05) is 57.2 Å². The molecule has 1 amide bonds. The topological polar surface area (TPSA) is 78.8 Å². The minimum atomic E-state index is -3.95. The summed E-state index contributed by atoms with van der Waals surface area (Å²) in [4.78, 5) is 12.9. The van der Waals surface area contributed by atoms with Crippen molar-refractivity contribution in [1.29, 1.82) is 0 Å². The van der Waals surface area contributed by atoms with Crippen molar-refractivity contribution in [3.05, 3.63) is 95.6 Å². The standard InChI is InChI=1S/C26H29N3O3S/c1-20-11-10-16-25(22(20)3)29(33(31,32)24-14-8-5-9-15-24)19-26(30)28-27-21(2)17-18-23-12-6-4-7-13-23/h4-16H,17-19H2,1-3H3,(H,28,30)/b27-21-. The van der Waals surface area contributed by atoms with E-state index < -0.39 is 15.9 Å². The van der Waals surface area contributed by atoms with E-state index in [4.69, 9.17) is 0 Å². The van der Waals surface area contributed by atoms with Gasteiger partial charge in [0.1, 0.15) is 6.54 Å². The smallest absolute Gasteiger partial charge is 0.264 e. The maximum absolute atomic E-state index is 13.4. The molecule has 0 spiro atoms. The normalized spacial score (nSPS) is 11.8. The first kappa shape index (κ1) is 24.2. The van der Waals surface area contributed by atoms with Gasteiger partial charge in [0.15, 0.2) is 0 Å². The zero-order chi connectivity index (χ0) is 23.8. The molecule has 0 aliphatic carbocycles. The van der Waals surface area contributed by atoms with Crippen molar-refractivity contribution < 1.29 is 13.2 Å². The lowest BCUT2D eigenvalue weighted by Gasteiger charge is -2.26. The van der Waals surface area contributed by atoms with Crippen molar-refractivity contribution in [3.63, 3.8) is 0 Å². The van der Waals surface area contributed by atoms with Crippen LogP contribution in [0.25, 0.3) is 0 Å². The molecule has 3 aromatic rings. The summed E-state index contributed by atoms with van der Waals surface area (Å²) < 4.78 is 28.0. The minimum absolute atomic E-state index is 0.126. The third-order valence-corrected chi connectivity index (χ3v) is 7.23. The van der Waals surface area contributed by atoms with E-state index in [2.05, 4.69) is 10.5 Å². The van der Waals surface area contributed by atoms with Crippen molar-refractivity contribution in [2.75, 3.05) is 10.8 Å². The highest BCUT2D eigenvalue weighted by molar-refractivity contribution is 7.92. The van der Waals surface area contributed by atoms with E-state index in [1.54, 1.807) is 30.3 Å². The molecule has 0 atom stereocenters. The summed E-state index contributed by atoms with van der Waals surface area (Å²) >= 11 is 0. The number of benzene rings is 3. The first-order valence-electron chi connectivity index (χ1n) is 10.8. The number of sulfonamides is 1. The monoisotopic (exact) mass is 463 g/mol. The summed E-state index contributed by atoms with van der Waals surface area (Å²) in [6, 6.07) is 23.6. The number of rotatable bonds is 9. The molecule has 0 fully saturated rings. The lowest BCUT2D eigenvalue weighted by atomic mass is 10.1. The van der Waals surface area contributed by atoms with Crippen LogP contribution >= 0.6 is 0 Å². The molecule has 0 radical (unpaired) electrons. The fourth-order valence-electron chi connectivity index (χ4n) is 3.37. The third-order valence-electron chi connectivity index (χ3n) is 5.45. The Balaban J connectivity index is 1.78. The maximum Gasteiger partial charge on any atom is 0.264 e. The number of hydrazone groups is 1. The van der Waals surface area contributed by atoms with E-state index in [1.165, 1.54) is 17.7 Å². The minimum Gasteiger partial charge on any atom is -0.271 e. The second kappa shape index (κ2) is 10.9. The van der Waals surface area contributed by atoms with Gasteiger partial charge in [-0.15, -0.1) is 0 Å².